The summed E-state index contributed by atoms with van der Waals surface area (Å²) in [7, 11) is 0. The summed E-state index contributed by atoms with van der Waals surface area (Å²) in [6.45, 7) is 11.4. The highest BCUT2D eigenvalue weighted by atomic mass is 16.5. The third-order valence-corrected chi connectivity index (χ3v) is 3.64. The van der Waals surface area contributed by atoms with Crippen molar-refractivity contribution in [2.45, 2.75) is 46.6 Å². The fourth-order valence-corrected chi connectivity index (χ4v) is 2.04. The Kier molecular flexibility index (Phi) is 6.65. The van der Waals surface area contributed by atoms with E-state index >= 15 is 0 Å². The maximum atomic E-state index is 12.1. The van der Waals surface area contributed by atoms with Gasteiger partial charge in [0.05, 0.1) is 19.3 Å². The second kappa shape index (κ2) is 7.74. The van der Waals surface area contributed by atoms with Gasteiger partial charge in [-0.25, -0.2) is 0 Å². The van der Waals surface area contributed by atoms with Gasteiger partial charge in [0.2, 0.25) is 5.91 Å². The van der Waals surface area contributed by atoms with Crippen LogP contribution in [-0.2, 0) is 9.53 Å². The van der Waals surface area contributed by atoms with Crippen LogP contribution in [0.1, 0.15) is 40.5 Å². The third kappa shape index (κ3) is 4.58. The van der Waals surface area contributed by atoms with E-state index in [1.165, 1.54) is 0 Å². The molecule has 18 heavy (non-hydrogen) atoms. The van der Waals surface area contributed by atoms with Crippen molar-refractivity contribution in [2.24, 2.45) is 11.8 Å². The number of hydrogen-bond acceptors (Lipinski definition) is 3. The van der Waals surface area contributed by atoms with E-state index in [9.17, 15) is 4.79 Å². The molecule has 1 heterocycles. The molecule has 0 spiro atoms. The van der Waals surface area contributed by atoms with Crippen LogP contribution >= 0.6 is 0 Å². The van der Waals surface area contributed by atoms with Crippen LogP contribution in [0.5, 0.6) is 0 Å². The number of carbonyl (C=O) groups excluding carboxylic acids is 1. The summed E-state index contributed by atoms with van der Waals surface area (Å²) in [5.74, 6) is 1.32. The molecule has 2 unspecified atom stereocenters. The number of nitrogens with zero attached hydrogens (tertiary/aromatic N) is 1. The van der Waals surface area contributed by atoms with Crippen LogP contribution in [0.25, 0.3) is 0 Å². The SMILES string of the molecule is CCC(C)C1NCN(CCOCCC(C)C)C1=O. The van der Waals surface area contributed by atoms with E-state index in [4.69, 9.17) is 4.74 Å². The molecule has 1 aliphatic heterocycles. The van der Waals surface area contributed by atoms with Crippen molar-refractivity contribution in [1.29, 1.82) is 0 Å². The maximum absolute atomic E-state index is 12.1. The lowest BCUT2D eigenvalue weighted by atomic mass is 9.99. The average Bonchev–Trinajstić information content (AvgIpc) is 2.69. The van der Waals surface area contributed by atoms with E-state index in [2.05, 4.69) is 33.0 Å². The minimum atomic E-state index is 0.00524. The van der Waals surface area contributed by atoms with Gasteiger partial charge in [-0.05, 0) is 18.3 Å². The van der Waals surface area contributed by atoms with Crippen molar-refractivity contribution in [3.8, 4) is 0 Å². The van der Waals surface area contributed by atoms with Crippen LogP contribution in [0.3, 0.4) is 0 Å². The third-order valence-electron chi connectivity index (χ3n) is 3.64. The van der Waals surface area contributed by atoms with Gasteiger partial charge in [-0.3, -0.25) is 10.1 Å². The first kappa shape index (κ1) is 15.4. The smallest absolute Gasteiger partial charge is 0.241 e. The van der Waals surface area contributed by atoms with Crippen molar-refractivity contribution >= 4 is 5.91 Å². The second-order valence-corrected chi connectivity index (χ2v) is 5.62. The quantitative estimate of drug-likeness (QED) is 0.674. The fraction of sp³-hybridized carbons (Fsp3) is 0.929. The van der Waals surface area contributed by atoms with Gasteiger partial charge in [0.15, 0.2) is 0 Å². The van der Waals surface area contributed by atoms with E-state index in [0.29, 0.717) is 31.7 Å². The van der Waals surface area contributed by atoms with Gasteiger partial charge in [-0.2, -0.15) is 0 Å². The Labute approximate surface area is 111 Å². The van der Waals surface area contributed by atoms with Crippen LogP contribution in [0.15, 0.2) is 0 Å². The van der Waals surface area contributed by atoms with Gasteiger partial charge >= 0.3 is 0 Å². The lowest BCUT2D eigenvalue weighted by Crippen LogP contribution is -2.36. The number of hydrogen-bond donors (Lipinski definition) is 1. The molecule has 1 amide bonds. The van der Waals surface area contributed by atoms with Crippen LogP contribution in [-0.4, -0.2) is 43.3 Å². The molecule has 2 atom stereocenters. The predicted octanol–water partition coefficient (Wildman–Crippen LogP) is 1.85. The summed E-state index contributed by atoms with van der Waals surface area (Å²) in [5, 5.41) is 3.29. The summed E-state index contributed by atoms with van der Waals surface area (Å²) in [6.07, 6.45) is 2.11. The fourth-order valence-electron chi connectivity index (χ4n) is 2.04. The van der Waals surface area contributed by atoms with Gasteiger partial charge in [0, 0.05) is 13.2 Å². The van der Waals surface area contributed by atoms with E-state index in [0.717, 1.165) is 19.4 Å². The van der Waals surface area contributed by atoms with E-state index in [-0.39, 0.29) is 11.9 Å². The Morgan fingerprint density at radius 2 is 2.11 bits per heavy atom. The number of rotatable bonds is 8. The molecule has 0 aromatic heterocycles. The van der Waals surface area contributed by atoms with Crippen molar-refractivity contribution < 1.29 is 9.53 Å². The zero-order valence-corrected chi connectivity index (χ0v) is 12.2. The number of ether oxygens (including phenoxy) is 1. The number of amides is 1. The lowest BCUT2D eigenvalue weighted by Gasteiger charge is -2.18. The molecule has 1 aliphatic rings. The Hall–Kier alpha value is -0.610. The van der Waals surface area contributed by atoms with Gasteiger partial charge in [-0.15, -0.1) is 0 Å². The normalized spacial score (nSPS) is 21.9. The molecule has 0 aliphatic carbocycles. The first-order valence-electron chi connectivity index (χ1n) is 7.16. The Balaban J connectivity index is 2.18. The Morgan fingerprint density at radius 1 is 1.39 bits per heavy atom. The monoisotopic (exact) mass is 256 g/mol. The van der Waals surface area contributed by atoms with Gasteiger partial charge < -0.3 is 9.64 Å². The number of carbonyl (C=O) groups is 1. The zero-order valence-electron chi connectivity index (χ0n) is 12.2. The Morgan fingerprint density at radius 3 is 2.72 bits per heavy atom. The number of nitrogens with one attached hydrogen (secondary N) is 1. The van der Waals surface area contributed by atoms with Crippen molar-refractivity contribution in [3.63, 3.8) is 0 Å². The highest BCUT2D eigenvalue weighted by Gasteiger charge is 2.33. The molecule has 0 bridgehead atoms. The topological polar surface area (TPSA) is 41.6 Å². The van der Waals surface area contributed by atoms with Crippen molar-refractivity contribution in [2.75, 3.05) is 26.4 Å². The largest absolute Gasteiger partial charge is 0.380 e. The Bertz CT molecular complexity index is 256. The molecular weight excluding hydrogens is 228 g/mol. The van der Waals surface area contributed by atoms with E-state index < -0.39 is 0 Å². The summed E-state index contributed by atoms with van der Waals surface area (Å²) < 4.78 is 5.56. The van der Waals surface area contributed by atoms with E-state index in [1.807, 2.05) is 4.90 Å². The summed E-state index contributed by atoms with van der Waals surface area (Å²) in [5.41, 5.74) is 0. The summed E-state index contributed by atoms with van der Waals surface area (Å²) >= 11 is 0. The molecule has 0 aromatic carbocycles. The molecule has 1 saturated heterocycles. The zero-order chi connectivity index (χ0) is 13.5. The molecule has 1 rings (SSSR count). The lowest BCUT2D eigenvalue weighted by molar-refractivity contribution is -0.130. The van der Waals surface area contributed by atoms with Gasteiger partial charge in [0.1, 0.15) is 0 Å². The minimum absolute atomic E-state index is 0.00524. The molecular formula is C14H28N2O2. The van der Waals surface area contributed by atoms with Crippen LogP contribution < -0.4 is 5.32 Å². The molecule has 0 saturated carbocycles. The first-order chi connectivity index (χ1) is 8.56. The van der Waals surface area contributed by atoms with Crippen LogP contribution in [0.4, 0.5) is 0 Å². The molecule has 106 valence electrons. The van der Waals surface area contributed by atoms with Gasteiger partial charge in [0.25, 0.3) is 0 Å². The van der Waals surface area contributed by atoms with Crippen LogP contribution in [0, 0.1) is 11.8 Å². The summed E-state index contributed by atoms with van der Waals surface area (Å²) in [6, 6.07) is 0.00524. The molecule has 1 fully saturated rings. The predicted molar refractivity (Wildman–Crippen MR) is 73.2 cm³/mol. The standard InChI is InChI=1S/C14H28N2O2/c1-5-12(4)13-14(17)16(10-15-13)7-9-18-8-6-11(2)3/h11-13,15H,5-10H2,1-4H3. The summed E-state index contributed by atoms with van der Waals surface area (Å²) in [4.78, 5) is 14.0. The highest BCUT2D eigenvalue weighted by molar-refractivity contribution is 5.84. The van der Waals surface area contributed by atoms with Crippen LogP contribution in [0.2, 0.25) is 0 Å². The molecule has 4 nitrogen and oxygen atoms in total. The highest BCUT2D eigenvalue weighted by Crippen LogP contribution is 2.14. The van der Waals surface area contributed by atoms with Crippen molar-refractivity contribution in [3.05, 3.63) is 0 Å². The average molecular weight is 256 g/mol. The molecule has 1 N–H and O–H groups in total. The van der Waals surface area contributed by atoms with E-state index in [1.54, 1.807) is 0 Å². The maximum Gasteiger partial charge on any atom is 0.241 e. The molecule has 0 aromatic rings. The van der Waals surface area contributed by atoms with Crippen molar-refractivity contribution in [1.82, 2.24) is 10.2 Å². The van der Waals surface area contributed by atoms with Gasteiger partial charge in [-0.1, -0.05) is 34.1 Å². The molecule has 0 radical (unpaired) electrons. The molecule has 4 heteroatoms. The first-order valence-corrected chi connectivity index (χ1v) is 7.16. The second-order valence-electron chi connectivity index (χ2n) is 5.62. The minimum Gasteiger partial charge on any atom is -0.380 e.